The van der Waals surface area contributed by atoms with Crippen molar-refractivity contribution in [2.75, 3.05) is 26.3 Å². The van der Waals surface area contributed by atoms with Crippen LogP contribution in [-0.2, 0) is 4.79 Å². The molecule has 0 atom stereocenters. The highest BCUT2D eigenvalue weighted by molar-refractivity contribution is 5.93. The van der Waals surface area contributed by atoms with Crippen molar-refractivity contribution in [3.8, 4) is 17.2 Å². The fourth-order valence-corrected chi connectivity index (χ4v) is 2.72. The average molecular weight is 360 g/mol. The van der Waals surface area contributed by atoms with Crippen molar-refractivity contribution in [2.24, 2.45) is 0 Å². The molecule has 138 valence electrons. The van der Waals surface area contributed by atoms with Gasteiger partial charge in [-0.1, -0.05) is 5.21 Å². The van der Waals surface area contributed by atoms with E-state index in [1.165, 1.54) is 4.90 Å². The molecule has 0 aliphatic carbocycles. The van der Waals surface area contributed by atoms with Gasteiger partial charge >= 0.3 is 5.97 Å². The number of carboxylic acids is 1. The van der Waals surface area contributed by atoms with E-state index in [1.54, 1.807) is 30.7 Å². The van der Waals surface area contributed by atoms with Gasteiger partial charge in [0.25, 0.3) is 5.91 Å². The molecule has 1 aliphatic heterocycles. The van der Waals surface area contributed by atoms with Gasteiger partial charge in [0.05, 0.1) is 17.8 Å². The molecule has 0 bridgehead atoms. The number of carboxylic acid groups (broad SMARTS) is 1. The highest BCUT2D eigenvalue weighted by Crippen LogP contribution is 2.32. The lowest BCUT2D eigenvalue weighted by molar-refractivity contribution is -0.137. The minimum atomic E-state index is -0.951. The maximum absolute atomic E-state index is 12.7. The van der Waals surface area contributed by atoms with E-state index >= 15 is 0 Å². The number of carbonyl (C=O) groups excluding carboxylic acids is 1. The molecule has 0 spiro atoms. The average Bonchev–Trinajstić information content (AvgIpc) is 3.02. The molecule has 26 heavy (non-hydrogen) atoms. The molecular weight excluding hydrogens is 340 g/mol. The Kier molecular flexibility index (Phi) is 5.06. The summed E-state index contributed by atoms with van der Waals surface area (Å²) in [5.41, 5.74) is 1.47. The second-order valence-corrected chi connectivity index (χ2v) is 5.79. The molecular formula is C17H20N4O5. The largest absolute Gasteiger partial charge is 0.486 e. The Balaban J connectivity index is 1.85. The smallest absolute Gasteiger partial charge is 0.305 e. The van der Waals surface area contributed by atoms with E-state index < -0.39 is 5.97 Å². The van der Waals surface area contributed by atoms with E-state index in [0.29, 0.717) is 42.6 Å². The Labute approximate surface area is 150 Å². The SMILES string of the molecule is CCN(CCC(=O)O)C(=O)c1nnn(-c2ccc3c(c2)OCCO3)c1C. The third kappa shape index (κ3) is 3.46. The van der Waals surface area contributed by atoms with Crippen LogP contribution in [0.5, 0.6) is 11.5 Å². The second-order valence-electron chi connectivity index (χ2n) is 5.79. The normalized spacial score (nSPS) is 12.7. The van der Waals surface area contributed by atoms with Gasteiger partial charge in [-0.15, -0.1) is 5.10 Å². The van der Waals surface area contributed by atoms with Gasteiger partial charge < -0.3 is 19.5 Å². The molecule has 0 radical (unpaired) electrons. The zero-order valence-electron chi connectivity index (χ0n) is 14.6. The van der Waals surface area contributed by atoms with Gasteiger partial charge in [-0.25, -0.2) is 4.68 Å². The number of rotatable bonds is 6. The molecule has 1 aromatic heterocycles. The van der Waals surface area contributed by atoms with Crippen LogP contribution in [0.2, 0.25) is 0 Å². The minimum Gasteiger partial charge on any atom is -0.486 e. The van der Waals surface area contributed by atoms with E-state index in [-0.39, 0.29) is 24.6 Å². The lowest BCUT2D eigenvalue weighted by Crippen LogP contribution is -2.33. The Morgan fingerprint density at radius 2 is 2.00 bits per heavy atom. The first-order valence-electron chi connectivity index (χ1n) is 8.34. The number of amides is 1. The van der Waals surface area contributed by atoms with Crippen LogP contribution in [0.4, 0.5) is 0 Å². The van der Waals surface area contributed by atoms with Crippen molar-refractivity contribution in [1.29, 1.82) is 0 Å². The van der Waals surface area contributed by atoms with Crippen LogP contribution in [0.1, 0.15) is 29.5 Å². The lowest BCUT2D eigenvalue weighted by atomic mass is 10.2. The maximum atomic E-state index is 12.7. The number of aromatic nitrogens is 3. The monoisotopic (exact) mass is 360 g/mol. The van der Waals surface area contributed by atoms with Crippen LogP contribution in [0.25, 0.3) is 5.69 Å². The first-order valence-corrected chi connectivity index (χ1v) is 8.34. The molecule has 0 unspecified atom stereocenters. The standard InChI is InChI=1S/C17H20N4O5/c1-3-20(7-6-15(22)23)17(24)16-11(2)21(19-18-16)12-4-5-13-14(10-12)26-9-8-25-13/h4-5,10H,3,6-9H2,1-2H3,(H,22,23). The fraction of sp³-hybridized carbons (Fsp3) is 0.412. The minimum absolute atomic E-state index is 0.116. The Bertz CT molecular complexity index is 833. The molecule has 1 amide bonds. The predicted octanol–water partition coefficient (Wildman–Crippen LogP) is 1.28. The van der Waals surface area contributed by atoms with Crippen molar-refractivity contribution in [3.63, 3.8) is 0 Å². The van der Waals surface area contributed by atoms with E-state index in [1.807, 2.05) is 6.07 Å². The highest BCUT2D eigenvalue weighted by Gasteiger charge is 2.23. The first kappa shape index (κ1) is 17.7. The molecule has 0 fully saturated rings. The van der Waals surface area contributed by atoms with Crippen molar-refractivity contribution >= 4 is 11.9 Å². The molecule has 1 N–H and O–H groups in total. The van der Waals surface area contributed by atoms with Gasteiger partial charge in [0.2, 0.25) is 0 Å². The molecule has 2 aromatic rings. The number of nitrogens with zero attached hydrogens (tertiary/aromatic N) is 4. The van der Waals surface area contributed by atoms with Gasteiger partial charge in [0, 0.05) is 19.2 Å². The molecule has 9 nitrogen and oxygen atoms in total. The van der Waals surface area contributed by atoms with Crippen molar-refractivity contribution in [3.05, 3.63) is 29.6 Å². The Morgan fingerprint density at radius 3 is 2.69 bits per heavy atom. The van der Waals surface area contributed by atoms with Crippen LogP contribution >= 0.6 is 0 Å². The summed E-state index contributed by atoms with van der Waals surface area (Å²) in [7, 11) is 0. The summed E-state index contributed by atoms with van der Waals surface area (Å²) < 4.78 is 12.6. The summed E-state index contributed by atoms with van der Waals surface area (Å²) in [6, 6.07) is 5.38. The van der Waals surface area contributed by atoms with Crippen LogP contribution in [0, 0.1) is 6.92 Å². The van der Waals surface area contributed by atoms with E-state index in [2.05, 4.69) is 10.3 Å². The third-order valence-corrected chi connectivity index (χ3v) is 4.13. The Hall–Kier alpha value is -3.10. The van der Waals surface area contributed by atoms with Gasteiger partial charge in [-0.05, 0) is 26.0 Å². The van der Waals surface area contributed by atoms with Gasteiger partial charge in [-0.3, -0.25) is 9.59 Å². The van der Waals surface area contributed by atoms with Gasteiger partial charge in [0.15, 0.2) is 17.2 Å². The van der Waals surface area contributed by atoms with Crippen LogP contribution in [0.3, 0.4) is 0 Å². The molecule has 0 saturated heterocycles. The number of carbonyl (C=O) groups is 2. The lowest BCUT2D eigenvalue weighted by Gasteiger charge is -2.19. The maximum Gasteiger partial charge on any atom is 0.305 e. The Morgan fingerprint density at radius 1 is 1.27 bits per heavy atom. The molecule has 1 aromatic carbocycles. The number of ether oxygens (including phenoxy) is 2. The summed E-state index contributed by atoms with van der Waals surface area (Å²) in [6.07, 6.45) is -0.116. The summed E-state index contributed by atoms with van der Waals surface area (Å²) in [4.78, 5) is 24.9. The fourth-order valence-electron chi connectivity index (χ4n) is 2.72. The number of aliphatic carboxylic acids is 1. The quantitative estimate of drug-likeness (QED) is 0.827. The summed E-state index contributed by atoms with van der Waals surface area (Å²) in [5, 5.41) is 16.9. The van der Waals surface area contributed by atoms with Crippen molar-refractivity contribution in [2.45, 2.75) is 20.3 Å². The second kappa shape index (κ2) is 7.42. The molecule has 0 saturated carbocycles. The topological polar surface area (TPSA) is 107 Å². The summed E-state index contributed by atoms with van der Waals surface area (Å²) in [5.74, 6) is -0.00369. The van der Waals surface area contributed by atoms with E-state index in [4.69, 9.17) is 14.6 Å². The number of benzene rings is 1. The first-order chi connectivity index (χ1) is 12.5. The number of hydrogen-bond donors (Lipinski definition) is 1. The number of fused-ring (bicyclic) bond motifs is 1. The van der Waals surface area contributed by atoms with Crippen LogP contribution < -0.4 is 9.47 Å². The van der Waals surface area contributed by atoms with Crippen LogP contribution in [0.15, 0.2) is 18.2 Å². The van der Waals surface area contributed by atoms with E-state index in [9.17, 15) is 9.59 Å². The summed E-state index contributed by atoms with van der Waals surface area (Å²) >= 11 is 0. The third-order valence-electron chi connectivity index (χ3n) is 4.13. The zero-order valence-corrected chi connectivity index (χ0v) is 14.6. The van der Waals surface area contributed by atoms with Gasteiger partial charge in [0.1, 0.15) is 13.2 Å². The number of hydrogen-bond acceptors (Lipinski definition) is 6. The molecule has 2 heterocycles. The van der Waals surface area contributed by atoms with Crippen molar-refractivity contribution in [1.82, 2.24) is 19.9 Å². The highest BCUT2D eigenvalue weighted by atomic mass is 16.6. The van der Waals surface area contributed by atoms with Crippen molar-refractivity contribution < 1.29 is 24.2 Å². The van der Waals surface area contributed by atoms with Crippen LogP contribution in [-0.4, -0.2) is 63.2 Å². The molecule has 1 aliphatic rings. The van der Waals surface area contributed by atoms with Gasteiger partial charge in [-0.2, -0.15) is 0 Å². The molecule has 9 heteroatoms. The summed E-state index contributed by atoms with van der Waals surface area (Å²) in [6.45, 7) is 5.04. The van der Waals surface area contributed by atoms with E-state index in [0.717, 1.165) is 0 Å². The predicted molar refractivity (Wildman–Crippen MR) is 90.9 cm³/mol. The molecule has 3 rings (SSSR count). The zero-order chi connectivity index (χ0) is 18.7.